The molecule has 17 heavy (non-hydrogen) atoms. The Hall–Kier alpha value is -2.04. The molecule has 0 aliphatic carbocycles. The number of hydrogen-bond acceptors (Lipinski definition) is 2. The lowest BCUT2D eigenvalue weighted by Gasteiger charge is -2.17. The third-order valence-corrected chi connectivity index (χ3v) is 2.35. The van der Waals surface area contributed by atoms with E-state index in [1.807, 2.05) is 32.0 Å². The predicted octanol–water partition coefficient (Wildman–Crippen LogP) is 1.85. The molecule has 0 saturated carbocycles. The van der Waals surface area contributed by atoms with Gasteiger partial charge in [0.15, 0.2) is 0 Å². The third kappa shape index (κ3) is 3.79. The Labute approximate surface area is 100 Å². The number of carbonyl (C=O) groups excluding carboxylic acids is 1. The lowest BCUT2D eigenvalue weighted by molar-refractivity contribution is -0.137. The average molecular weight is 236 g/mol. The molecule has 1 aromatic carbocycles. The third-order valence-electron chi connectivity index (χ3n) is 2.35. The second kappa shape index (κ2) is 5.34. The van der Waals surface area contributed by atoms with Crippen LogP contribution in [-0.2, 0) is 4.79 Å². The van der Waals surface area contributed by atoms with E-state index in [1.165, 1.54) is 7.05 Å². The van der Waals surface area contributed by atoms with E-state index in [1.54, 1.807) is 0 Å². The molecule has 0 heterocycles. The van der Waals surface area contributed by atoms with Crippen molar-refractivity contribution in [3.05, 3.63) is 29.3 Å². The number of carboxylic acids is 1. The van der Waals surface area contributed by atoms with Gasteiger partial charge in [0, 0.05) is 12.7 Å². The van der Waals surface area contributed by atoms with Crippen molar-refractivity contribution in [3.63, 3.8) is 0 Å². The van der Waals surface area contributed by atoms with Crippen LogP contribution in [0.2, 0.25) is 0 Å². The zero-order valence-corrected chi connectivity index (χ0v) is 10.2. The van der Waals surface area contributed by atoms with Crippen LogP contribution in [0, 0.1) is 13.8 Å². The van der Waals surface area contributed by atoms with Gasteiger partial charge in [-0.25, -0.2) is 4.79 Å². The van der Waals surface area contributed by atoms with Crippen LogP contribution in [0.4, 0.5) is 10.5 Å². The number of carboxylic acid groups (broad SMARTS) is 1. The van der Waals surface area contributed by atoms with Crippen LogP contribution >= 0.6 is 0 Å². The van der Waals surface area contributed by atoms with Crippen molar-refractivity contribution in [3.8, 4) is 0 Å². The molecule has 0 fully saturated rings. The quantitative estimate of drug-likeness (QED) is 0.841. The number of likely N-dealkylation sites (N-methyl/N-ethyl adjacent to an activating group) is 1. The molecule has 92 valence electrons. The summed E-state index contributed by atoms with van der Waals surface area (Å²) in [7, 11) is 1.44. The van der Waals surface area contributed by atoms with Crippen LogP contribution in [0.15, 0.2) is 18.2 Å². The second-order valence-electron chi connectivity index (χ2n) is 4.00. The fourth-order valence-electron chi connectivity index (χ4n) is 1.36. The van der Waals surface area contributed by atoms with Crippen LogP contribution in [0.5, 0.6) is 0 Å². The molecule has 0 spiro atoms. The fourth-order valence-corrected chi connectivity index (χ4v) is 1.36. The summed E-state index contributed by atoms with van der Waals surface area (Å²) < 4.78 is 0. The maximum absolute atomic E-state index is 11.7. The minimum Gasteiger partial charge on any atom is -0.480 e. The van der Waals surface area contributed by atoms with Crippen molar-refractivity contribution < 1.29 is 14.7 Å². The van der Waals surface area contributed by atoms with Crippen molar-refractivity contribution in [2.24, 2.45) is 0 Å². The van der Waals surface area contributed by atoms with Crippen molar-refractivity contribution in [2.75, 3.05) is 18.9 Å². The molecule has 5 heteroatoms. The molecule has 0 unspecified atom stereocenters. The van der Waals surface area contributed by atoms with Gasteiger partial charge >= 0.3 is 12.0 Å². The van der Waals surface area contributed by atoms with Crippen molar-refractivity contribution >= 4 is 17.7 Å². The fraction of sp³-hybridized carbons (Fsp3) is 0.333. The maximum Gasteiger partial charge on any atom is 0.323 e. The molecule has 5 nitrogen and oxygen atoms in total. The first-order chi connectivity index (χ1) is 7.90. The standard InChI is InChI=1S/C12H16N2O3/c1-8-4-5-9(2)10(6-8)13-12(17)14(3)7-11(15)16/h4-6H,7H2,1-3H3,(H,13,17)(H,15,16). The molecule has 1 rings (SSSR count). The van der Waals surface area contributed by atoms with Gasteiger partial charge in [-0.05, 0) is 31.0 Å². The highest BCUT2D eigenvalue weighted by Crippen LogP contribution is 2.16. The summed E-state index contributed by atoms with van der Waals surface area (Å²) in [6.45, 7) is 3.49. The largest absolute Gasteiger partial charge is 0.480 e. The number of rotatable bonds is 3. The number of anilines is 1. The van der Waals surface area contributed by atoms with Gasteiger partial charge in [-0.3, -0.25) is 4.79 Å². The first kappa shape index (κ1) is 13.0. The summed E-state index contributed by atoms with van der Waals surface area (Å²) in [5.41, 5.74) is 2.67. The van der Waals surface area contributed by atoms with Gasteiger partial charge in [-0.1, -0.05) is 12.1 Å². The lowest BCUT2D eigenvalue weighted by atomic mass is 10.1. The van der Waals surface area contributed by atoms with Crippen LogP contribution < -0.4 is 5.32 Å². The van der Waals surface area contributed by atoms with Crippen LogP contribution in [0.1, 0.15) is 11.1 Å². The molecule has 0 atom stereocenters. The van der Waals surface area contributed by atoms with Gasteiger partial charge in [0.25, 0.3) is 0 Å². The van der Waals surface area contributed by atoms with Crippen molar-refractivity contribution in [1.29, 1.82) is 0 Å². The van der Waals surface area contributed by atoms with Crippen LogP contribution in [0.25, 0.3) is 0 Å². The van der Waals surface area contributed by atoms with E-state index in [2.05, 4.69) is 5.32 Å². The zero-order valence-electron chi connectivity index (χ0n) is 10.2. The molecule has 0 bridgehead atoms. The first-order valence-corrected chi connectivity index (χ1v) is 5.21. The van der Waals surface area contributed by atoms with E-state index in [4.69, 9.17) is 5.11 Å². The van der Waals surface area contributed by atoms with E-state index in [0.717, 1.165) is 16.0 Å². The van der Waals surface area contributed by atoms with Gasteiger partial charge in [0.2, 0.25) is 0 Å². The minimum absolute atomic E-state index is 0.323. The number of nitrogens with zero attached hydrogens (tertiary/aromatic N) is 1. The number of carbonyl (C=O) groups is 2. The Kier molecular flexibility index (Phi) is 4.09. The Morgan fingerprint density at radius 3 is 2.59 bits per heavy atom. The number of aliphatic carboxylic acids is 1. The van der Waals surface area contributed by atoms with Gasteiger partial charge < -0.3 is 15.3 Å². The van der Waals surface area contributed by atoms with Gasteiger partial charge in [-0.15, -0.1) is 0 Å². The number of hydrogen-bond donors (Lipinski definition) is 2. The molecule has 1 aromatic rings. The minimum atomic E-state index is -1.04. The number of urea groups is 1. The van der Waals surface area contributed by atoms with E-state index in [9.17, 15) is 9.59 Å². The molecular weight excluding hydrogens is 220 g/mol. The summed E-state index contributed by atoms with van der Waals surface area (Å²) >= 11 is 0. The summed E-state index contributed by atoms with van der Waals surface area (Å²) in [6, 6.07) is 5.27. The molecule has 2 N–H and O–H groups in total. The Morgan fingerprint density at radius 1 is 1.35 bits per heavy atom. The molecule has 0 radical (unpaired) electrons. The topological polar surface area (TPSA) is 69.6 Å². The summed E-state index contributed by atoms with van der Waals surface area (Å²) in [5.74, 6) is -1.04. The predicted molar refractivity (Wildman–Crippen MR) is 65.2 cm³/mol. The SMILES string of the molecule is Cc1ccc(C)c(NC(=O)N(C)CC(=O)O)c1. The smallest absolute Gasteiger partial charge is 0.323 e. The molecule has 0 aromatic heterocycles. The summed E-state index contributed by atoms with van der Waals surface area (Å²) in [4.78, 5) is 23.2. The van der Waals surface area contributed by atoms with E-state index < -0.39 is 12.0 Å². The Morgan fingerprint density at radius 2 is 2.00 bits per heavy atom. The van der Waals surface area contributed by atoms with Crippen molar-refractivity contribution in [1.82, 2.24) is 4.90 Å². The molecular formula is C12H16N2O3. The number of aryl methyl sites for hydroxylation is 2. The molecule has 0 saturated heterocycles. The average Bonchev–Trinajstić information content (AvgIpc) is 2.22. The summed E-state index contributed by atoms with van der Waals surface area (Å²) in [6.07, 6.45) is 0. The number of amides is 2. The van der Waals surface area contributed by atoms with Crippen molar-refractivity contribution in [2.45, 2.75) is 13.8 Å². The molecule has 0 aliphatic rings. The van der Waals surface area contributed by atoms with E-state index in [0.29, 0.717) is 5.69 Å². The normalized spacial score (nSPS) is 9.82. The maximum atomic E-state index is 11.7. The zero-order chi connectivity index (χ0) is 13.0. The second-order valence-corrected chi connectivity index (χ2v) is 4.00. The van der Waals surface area contributed by atoms with Crippen LogP contribution in [-0.4, -0.2) is 35.6 Å². The van der Waals surface area contributed by atoms with Crippen LogP contribution in [0.3, 0.4) is 0 Å². The number of benzene rings is 1. The molecule has 0 aliphatic heterocycles. The van der Waals surface area contributed by atoms with Gasteiger partial charge in [-0.2, -0.15) is 0 Å². The Balaban J connectivity index is 2.73. The molecule has 2 amide bonds. The highest BCUT2D eigenvalue weighted by Gasteiger charge is 2.12. The summed E-state index contributed by atoms with van der Waals surface area (Å²) in [5, 5.41) is 11.3. The Bertz CT molecular complexity index is 443. The van der Waals surface area contributed by atoms with E-state index in [-0.39, 0.29) is 6.54 Å². The number of nitrogens with one attached hydrogen (secondary N) is 1. The van der Waals surface area contributed by atoms with Gasteiger partial charge in [0.05, 0.1) is 0 Å². The first-order valence-electron chi connectivity index (χ1n) is 5.21. The van der Waals surface area contributed by atoms with Gasteiger partial charge in [0.1, 0.15) is 6.54 Å². The lowest BCUT2D eigenvalue weighted by Crippen LogP contribution is -2.35. The monoisotopic (exact) mass is 236 g/mol. The highest BCUT2D eigenvalue weighted by molar-refractivity contribution is 5.91. The highest BCUT2D eigenvalue weighted by atomic mass is 16.4. The van der Waals surface area contributed by atoms with E-state index >= 15 is 0 Å².